The van der Waals surface area contributed by atoms with E-state index < -0.39 is 11.6 Å². The van der Waals surface area contributed by atoms with Crippen molar-refractivity contribution in [1.82, 2.24) is 0 Å². The van der Waals surface area contributed by atoms with Crippen LogP contribution in [0.25, 0.3) is 0 Å². The second kappa shape index (κ2) is 6.45. The molecule has 0 fully saturated rings. The van der Waals surface area contributed by atoms with Gasteiger partial charge in [-0.05, 0) is 30.5 Å². The molecule has 0 aliphatic heterocycles. The molecule has 0 bridgehead atoms. The second-order valence-corrected chi connectivity index (χ2v) is 4.84. The van der Waals surface area contributed by atoms with Crippen LogP contribution >= 0.6 is 11.8 Å². The number of oxime groups is 1. The Kier molecular flexibility index (Phi) is 4.64. The standard InChI is InChI=1S/C14H12F2N2O2S/c1-21-12-4-2-3-11(13(12)14(17)18-19)20-8-5-6-9(15)10(16)7-8/h2-7,19H,1H3,(H2,17,18). The molecule has 0 unspecified atom stereocenters. The van der Waals surface area contributed by atoms with Crippen LogP contribution in [0.2, 0.25) is 0 Å². The Morgan fingerprint density at radius 2 is 2.00 bits per heavy atom. The predicted molar refractivity (Wildman–Crippen MR) is 77.2 cm³/mol. The third kappa shape index (κ3) is 3.25. The number of halogens is 2. The maximum atomic E-state index is 13.2. The first kappa shape index (κ1) is 15.1. The molecule has 0 spiro atoms. The lowest BCUT2D eigenvalue weighted by molar-refractivity contribution is 0.318. The summed E-state index contributed by atoms with van der Waals surface area (Å²) in [6.45, 7) is 0. The summed E-state index contributed by atoms with van der Waals surface area (Å²) in [6, 6.07) is 8.27. The average Bonchev–Trinajstić information content (AvgIpc) is 2.50. The van der Waals surface area contributed by atoms with Crippen LogP contribution in [0.4, 0.5) is 8.78 Å². The smallest absolute Gasteiger partial charge is 0.175 e. The molecular formula is C14H12F2N2O2S. The van der Waals surface area contributed by atoms with Gasteiger partial charge in [0.25, 0.3) is 0 Å². The van der Waals surface area contributed by atoms with Gasteiger partial charge in [-0.2, -0.15) is 0 Å². The Morgan fingerprint density at radius 3 is 2.62 bits per heavy atom. The molecule has 7 heteroatoms. The van der Waals surface area contributed by atoms with Gasteiger partial charge in [0.05, 0.1) is 5.56 Å². The second-order valence-electron chi connectivity index (χ2n) is 4.00. The Balaban J connectivity index is 2.46. The van der Waals surface area contributed by atoms with E-state index in [0.29, 0.717) is 5.56 Å². The zero-order valence-electron chi connectivity index (χ0n) is 11.0. The third-order valence-corrected chi connectivity index (χ3v) is 3.47. The van der Waals surface area contributed by atoms with Crippen LogP contribution < -0.4 is 10.5 Å². The van der Waals surface area contributed by atoms with Crippen molar-refractivity contribution in [3.05, 3.63) is 53.6 Å². The van der Waals surface area contributed by atoms with Crippen LogP contribution in [0, 0.1) is 11.6 Å². The topological polar surface area (TPSA) is 67.8 Å². The molecule has 2 aromatic carbocycles. The average molecular weight is 310 g/mol. The lowest BCUT2D eigenvalue weighted by atomic mass is 10.2. The van der Waals surface area contributed by atoms with E-state index in [1.54, 1.807) is 18.2 Å². The number of benzene rings is 2. The number of ether oxygens (including phenoxy) is 1. The first-order valence-corrected chi connectivity index (χ1v) is 7.07. The Morgan fingerprint density at radius 1 is 1.24 bits per heavy atom. The summed E-state index contributed by atoms with van der Waals surface area (Å²) in [6.07, 6.45) is 1.82. The molecule has 0 saturated carbocycles. The number of nitrogens with zero attached hydrogens (tertiary/aromatic N) is 1. The molecule has 21 heavy (non-hydrogen) atoms. The highest BCUT2D eigenvalue weighted by atomic mass is 32.2. The molecule has 0 heterocycles. The van der Waals surface area contributed by atoms with Gasteiger partial charge in [0.2, 0.25) is 0 Å². The monoisotopic (exact) mass is 310 g/mol. The van der Waals surface area contributed by atoms with Crippen molar-refractivity contribution < 1.29 is 18.7 Å². The molecular weight excluding hydrogens is 298 g/mol. The van der Waals surface area contributed by atoms with Gasteiger partial charge < -0.3 is 15.7 Å². The van der Waals surface area contributed by atoms with Gasteiger partial charge in [0.1, 0.15) is 11.5 Å². The normalized spacial score (nSPS) is 11.5. The van der Waals surface area contributed by atoms with E-state index in [1.807, 2.05) is 6.26 Å². The summed E-state index contributed by atoms with van der Waals surface area (Å²) in [5.41, 5.74) is 6.04. The van der Waals surface area contributed by atoms with Crippen molar-refractivity contribution in [1.29, 1.82) is 0 Å². The van der Waals surface area contributed by atoms with Gasteiger partial charge in [-0.25, -0.2) is 8.78 Å². The number of amidine groups is 1. The van der Waals surface area contributed by atoms with Crippen LogP contribution in [-0.2, 0) is 0 Å². The van der Waals surface area contributed by atoms with Crippen molar-refractivity contribution >= 4 is 17.6 Å². The molecule has 0 aromatic heterocycles. The van der Waals surface area contributed by atoms with Gasteiger partial charge in [-0.3, -0.25) is 0 Å². The fraction of sp³-hybridized carbons (Fsp3) is 0.0714. The van der Waals surface area contributed by atoms with Crippen LogP contribution in [0.1, 0.15) is 5.56 Å². The van der Waals surface area contributed by atoms with E-state index in [-0.39, 0.29) is 17.3 Å². The number of hydrogen-bond donors (Lipinski definition) is 2. The van der Waals surface area contributed by atoms with Crippen molar-refractivity contribution in [2.45, 2.75) is 4.90 Å². The summed E-state index contributed by atoms with van der Waals surface area (Å²) in [7, 11) is 0. The highest BCUT2D eigenvalue weighted by Crippen LogP contribution is 2.32. The van der Waals surface area contributed by atoms with Crippen LogP contribution in [0.3, 0.4) is 0 Å². The largest absolute Gasteiger partial charge is 0.456 e. The summed E-state index contributed by atoms with van der Waals surface area (Å²) >= 11 is 1.38. The SMILES string of the molecule is CSc1cccc(Oc2ccc(F)c(F)c2)c1/C(N)=N/O. The fourth-order valence-corrected chi connectivity index (χ4v) is 2.36. The van der Waals surface area contributed by atoms with Crippen LogP contribution in [0.15, 0.2) is 46.4 Å². The van der Waals surface area contributed by atoms with Crippen molar-refractivity contribution in [3.63, 3.8) is 0 Å². The highest BCUT2D eigenvalue weighted by molar-refractivity contribution is 7.98. The first-order chi connectivity index (χ1) is 10.1. The molecule has 2 rings (SSSR count). The predicted octanol–water partition coefficient (Wildman–Crippen LogP) is 3.57. The van der Waals surface area contributed by atoms with E-state index in [2.05, 4.69) is 5.16 Å². The Labute approximate surface area is 124 Å². The van der Waals surface area contributed by atoms with E-state index in [4.69, 9.17) is 15.7 Å². The van der Waals surface area contributed by atoms with E-state index in [0.717, 1.165) is 17.0 Å². The molecule has 110 valence electrons. The van der Waals surface area contributed by atoms with Crippen molar-refractivity contribution in [2.24, 2.45) is 10.9 Å². The van der Waals surface area contributed by atoms with Gasteiger partial charge >= 0.3 is 0 Å². The molecule has 4 nitrogen and oxygen atoms in total. The number of rotatable bonds is 4. The highest BCUT2D eigenvalue weighted by Gasteiger charge is 2.15. The molecule has 0 aliphatic rings. The maximum absolute atomic E-state index is 13.2. The van der Waals surface area contributed by atoms with Crippen molar-refractivity contribution in [2.75, 3.05) is 6.26 Å². The van der Waals surface area contributed by atoms with Gasteiger partial charge in [0.15, 0.2) is 17.5 Å². The summed E-state index contributed by atoms with van der Waals surface area (Å²) < 4.78 is 31.6. The van der Waals surface area contributed by atoms with E-state index in [1.165, 1.54) is 17.8 Å². The van der Waals surface area contributed by atoms with E-state index >= 15 is 0 Å². The molecule has 0 atom stereocenters. The minimum absolute atomic E-state index is 0.110. The molecule has 0 radical (unpaired) electrons. The molecule has 2 aromatic rings. The van der Waals surface area contributed by atoms with Gasteiger partial charge in [0, 0.05) is 11.0 Å². The molecule has 0 amide bonds. The minimum atomic E-state index is -1.01. The Hall–Kier alpha value is -2.28. The number of thioether (sulfide) groups is 1. The zero-order chi connectivity index (χ0) is 15.4. The Bertz CT molecular complexity index is 693. The number of nitrogens with two attached hydrogens (primary N) is 1. The van der Waals surface area contributed by atoms with Gasteiger partial charge in [-0.1, -0.05) is 11.2 Å². The minimum Gasteiger partial charge on any atom is -0.456 e. The van der Waals surface area contributed by atoms with Crippen LogP contribution in [-0.4, -0.2) is 17.3 Å². The zero-order valence-corrected chi connectivity index (χ0v) is 11.8. The third-order valence-electron chi connectivity index (χ3n) is 2.69. The van der Waals surface area contributed by atoms with E-state index in [9.17, 15) is 8.78 Å². The molecule has 0 saturated heterocycles. The first-order valence-electron chi connectivity index (χ1n) is 5.84. The lowest BCUT2D eigenvalue weighted by Crippen LogP contribution is -2.15. The fourth-order valence-electron chi connectivity index (χ4n) is 1.74. The molecule has 0 aliphatic carbocycles. The summed E-state index contributed by atoms with van der Waals surface area (Å²) in [4.78, 5) is 0.727. The summed E-state index contributed by atoms with van der Waals surface area (Å²) in [5, 5.41) is 11.8. The lowest BCUT2D eigenvalue weighted by Gasteiger charge is -2.13. The van der Waals surface area contributed by atoms with Crippen molar-refractivity contribution in [3.8, 4) is 11.5 Å². The number of hydrogen-bond acceptors (Lipinski definition) is 4. The summed E-state index contributed by atoms with van der Waals surface area (Å²) in [5.74, 6) is -1.71. The molecule has 3 N–H and O–H groups in total. The van der Waals surface area contributed by atoms with Crippen LogP contribution in [0.5, 0.6) is 11.5 Å². The quantitative estimate of drug-likeness (QED) is 0.298. The maximum Gasteiger partial charge on any atom is 0.175 e. The van der Waals surface area contributed by atoms with Gasteiger partial charge in [-0.15, -0.1) is 11.8 Å².